The summed E-state index contributed by atoms with van der Waals surface area (Å²) < 4.78 is 4.91. The monoisotopic (exact) mass is 224 g/mol. The fourth-order valence-corrected chi connectivity index (χ4v) is 1.34. The highest BCUT2D eigenvalue weighted by atomic mass is 16.5. The van der Waals surface area contributed by atoms with Crippen molar-refractivity contribution in [3.8, 4) is 5.88 Å². The van der Waals surface area contributed by atoms with Gasteiger partial charge in [-0.1, -0.05) is 0 Å². The summed E-state index contributed by atoms with van der Waals surface area (Å²) in [5, 5.41) is 8.47. The largest absolute Gasteiger partial charge is 0.479 e. The van der Waals surface area contributed by atoms with Crippen LogP contribution in [-0.2, 0) is 4.79 Å². The lowest BCUT2D eigenvalue weighted by atomic mass is 10.1. The molecule has 0 aromatic carbocycles. The van der Waals surface area contributed by atoms with Crippen molar-refractivity contribution in [3.05, 3.63) is 22.9 Å². The lowest BCUT2D eigenvalue weighted by molar-refractivity contribution is -0.139. The number of pyridine rings is 1. The van der Waals surface area contributed by atoms with Crippen molar-refractivity contribution in [2.24, 2.45) is 5.73 Å². The van der Waals surface area contributed by atoms with Crippen LogP contribution < -0.4 is 10.5 Å². The Morgan fingerprint density at radius 3 is 2.62 bits per heavy atom. The third-order valence-corrected chi connectivity index (χ3v) is 1.89. The molecule has 1 rings (SSSR count). The number of carbonyl (C=O) groups is 2. The van der Waals surface area contributed by atoms with Gasteiger partial charge in [0.25, 0.3) is 5.91 Å². The van der Waals surface area contributed by atoms with Gasteiger partial charge in [0.15, 0.2) is 6.61 Å². The molecule has 3 N–H and O–H groups in total. The molecule has 86 valence electrons. The minimum atomic E-state index is -1.14. The molecule has 0 fully saturated rings. The van der Waals surface area contributed by atoms with Crippen LogP contribution in [0, 0.1) is 13.8 Å². The smallest absolute Gasteiger partial charge is 0.341 e. The Morgan fingerprint density at radius 2 is 2.12 bits per heavy atom. The standard InChI is InChI=1S/C10H12N2O4/c1-5-3-6(2)12-10(8(5)9(11)15)16-4-7(13)14/h3H,4H2,1-2H3,(H2,11,15)(H,13,14). The van der Waals surface area contributed by atoms with E-state index >= 15 is 0 Å². The number of aliphatic carboxylic acids is 1. The SMILES string of the molecule is Cc1cc(C)c(C(N)=O)c(OCC(=O)O)n1. The third-order valence-electron chi connectivity index (χ3n) is 1.89. The molecule has 1 heterocycles. The second kappa shape index (κ2) is 4.61. The maximum absolute atomic E-state index is 11.2. The third kappa shape index (κ3) is 2.69. The summed E-state index contributed by atoms with van der Waals surface area (Å²) in [6.07, 6.45) is 0. The average Bonchev–Trinajstić information content (AvgIpc) is 2.12. The number of rotatable bonds is 4. The van der Waals surface area contributed by atoms with Crippen molar-refractivity contribution in [2.45, 2.75) is 13.8 Å². The van der Waals surface area contributed by atoms with Gasteiger partial charge in [0, 0.05) is 5.69 Å². The van der Waals surface area contributed by atoms with Crippen LogP contribution in [0.4, 0.5) is 0 Å². The van der Waals surface area contributed by atoms with Crippen LogP contribution in [0.5, 0.6) is 5.88 Å². The summed E-state index contributed by atoms with van der Waals surface area (Å²) in [4.78, 5) is 25.4. The first-order valence-electron chi connectivity index (χ1n) is 4.54. The first kappa shape index (κ1) is 12.0. The summed E-state index contributed by atoms with van der Waals surface area (Å²) in [7, 11) is 0. The fraction of sp³-hybridized carbons (Fsp3) is 0.300. The molecule has 6 nitrogen and oxygen atoms in total. The number of aromatic nitrogens is 1. The highest BCUT2D eigenvalue weighted by Crippen LogP contribution is 2.20. The molecule has 0 aliphatic carbocycles. The van der Waals surface area contributed by atoms with E-state index in [0.29, 0.717) is 11.3 Å². The zero-order valence-corrected chi connectivity index (χ0v) is 8.98. The van der Waals surface area contributed by atoms with Crippen LogP contribution in [0.3, 0.4) is 0 Å². The average molecular weight is 224 g/mol. The Morgan fingerprint density at radius 1 is 1.50 bits per heavy atom. The predicted molar refractivity (Wildman–Crippen MR) is 55.4 cm³/mol. The topological polar surface area (TPSA) is 103 Å². The fourth-order valence-electron chi connectivity index (χ4n) is 1.34. The minimum absolute atomic E-state index is 0.0348. The molecule has 0 aliphatic heterocycles. The van der Waals surface area contributed by atoms with Crippen LogP contribution in [0.15, 0.2) is 6.07 Å². The van der Waals surface area contributed by atoms with E-state index in [0.717, 1.165) is 0 Å². The van der Waals surface area contributed by atoms with E-state index in [2.05, 4.69) is 4.98 Å². The Kier molecular flexibility index (Phi) is 3.44. The van der Waals surface area contributed by atoms with Gasteiger partial charge in [-0.15, -0.1) is 0 Å². The number of amides is 1. The predicted octanol–water partition coefficient (Wildman–Crippen LogP) is 0.261. The van der Waals surface area contributed by atoms with E-state index in [4.69, 9.17) is 15.6 Å². The highest BCUT2D eigenvalue weighted by Gasteiger charge is 2.16. The highest BCUT2D eigenvalue weighted by molar-refractivity contribution is 5.96. The summed E-state index contributed by atoms with van der Waals surface area (Å²) >= 11 is 0. The summed E-state index contributed by atoms with van der Waals surface area (Å²) in [5.41, 5.74) is 6.52. The van der Waals surface area contributed by atoms with E-state index in [-0.39, 0.29) is 11.4 Å². The first-order valence-corrected chi connectivity index (χ1v) is 4.54. The van der Waals surface area contributed by atoms with Crippen molar-refractivity contribution in [1.82, 2.24) is 4.98 Å². The maximum atomic E-state index is 11.2. The second-order valence-electron chi connectivity index (χ2n) is 3.31. The molecule has 0 saturated carbocycles. The van der Waals surface area contributed by atoms with Gasteiger partial charge >= 0.3 is 5.97 Å². The number of nitrogens with two attached hydrogens (primary N) is 1. The molecule has 0 saturated heterocycles. The second-order valence-corrected chi connectivity index (χ2v) is 3.31. The van der Waals surface area contributed by atoms with E-state index in [1.165, 1.54) is 0 Å². The summed E-state index contributed by atoms with van der Waals surface area (Å²) in [6.45, 7) is 2.84. The number of carbonyl (C=O) groups excluding carboxylic acids is 1. The number of carboxylic acids is 1. The molecular formula is C10H12N2O4. The molecule has 1 aromatic rings. The Balaban J connectivity index is 3.13. The lowest BCUT2D eigenvalue weighted by Crippen LogP contribution is -2.18. The van der Waals surface area contributed by atoms with Crippen LogP contribution in [0.2, 0.25) is 0 Å². The first-order chi connectivity index (χ1) is 7.41. The molecule has 16 heavy (non-hydrogen) atoms. The maximum Gasteiger partial charge on any atom is 0.341 e. The molecule has 0 bridgehead atoms. The molecule has 6 heteroatoms. The van der Waals surface area contributed by atoms with Crippen molar-refractivity contribution in [2.75, 3.05) is 6.61 Å². The van der Waals surface area contributed by atoms with Gasteiger partial charge < -0.3 is 15.6 Å². The van der Waals surface area contributed by atoms with Gasteiger partial charge in [-0.05, 0) is 25.5 Å². The van der Waals surface area contributed by atoms with Crippen LogP contribution in [0.25, 0.3) is 0 Å². The number of primary amides is 1. The van der Waals surface area contributed by atoms with Crippen molar-refractivity contribution < 1.29 is 19.4 Å². The lowest BCUT2D eigenvalue weighted by Gasteiger charge is -2.10. The van der Waals surface area contributed by atoms with Gasteiger partial charge in [-0.25, -0.2) is 9.78 Å². The van der Waals surface area contributed by atoms with E-state index in [1.807, 2.05) is 0 Å². The Bertz CT molecular complexity index is 443. The van der Waals surface area contributed by atoms with Gasteiger partial charge in [0.1, 0.15) is 5.56 Å². The van der Waals surface area contributed by atoms with Crippen molar-refractivity contribution in [3.63, 3.8) is 0 Å². The molecule has 0 aliphatic rings. The zero-order chi connectivity index (χ0) is 12.3. The van der Waals surface area contributed by atoms with Gasteiger partial charge in [-0.2, -0.15) is 0 Å². The molecule has 0 radical (unpaired) electrons. The molecular weight excluding hydrogens is 212 g/mol. The van der Waals surface area contributed by atoms with Gasteiger partial charge in [0.2, 0.25) is 5.88 Å². The number of nitrogens with zero attached hydrogens (tertiary/aromatic N) is 1. The Labute approximate surface area is 92.0 Å². The number of carboxylic acid groups (broad SMARTS) is 1. The van der Waals surface area contributed by atoms with E-state index in [1.54, 1.807) is 19.9 Å². The molecule has 1 aromatic heterocycles. The van der Waals surface area contributed by atoms with Crippen LogP contribution >= 0.6 is 0 Å². The molecule has 1 amide bonds. The number of hydrogen-bond acceptors (Lipinski definition) is 4. The van der Waals surface area contributed by atoms with Crippen molar-refractivity contribution in [1.29, 1.82) is 0 Å². The minimum Gasteiger partial charge on any atom is -0.479 e. The number of ether oxygens (including phenoxy) is 1. The van der Waals surface area contributed by atoms with Crippen LogP contribution in [-0.4, -0.2) is 28.6 Å². The van der Waals surface area contributed by atoms with Crippen LogP contribution in [0.1, 0.15) is 21.6 Å². The van der Waals surface area contributed by atoms with E-state index < -0.39 is 18.5 Å². The summed E-state index contributed by atoms with van der Waals surface area (Å²) in [5.74, 6) is -1.87. The summed E-state index contributed by atoms with van der Waals surface area (Å²) in [6, 6.07) is 1.67. The zero-order valence-electron chi connectivity index (χ0n) is 8.98. The quantitative estimate of drug-likeness (QED) is 0.763. The Hall–Kier alpha value is -2.11. The number of hydrogen-bond donors (Lipinski definition) is 2. The van der Waals surface area contributed by atoms with Crippen molar-refractivity contribution >= 4 is 11.9 Å². The van der Waals surface area contributed by atoms with E-state index in [9.17, 15) is 9.59 Å². The number of aryl methyl sites for hydroxylation is 2. The molecule has 0 atom stereocenters. The van der Waals surface area contributed by atoms with Gasteiger partial charge in [0.05, 0.1) is 0 Å². The normalized spacial score (nSPS) is 9.88. The molecule has 0 spiro atoms. The van der Waals surface area contributed by atoms with Gasteiger partial charge in [-0.3, -0.25) is 4.79 Å². The molecule has 0 unspecified atom stereocenters.